The van der Waals surface area contributed by atoms with Gasteiger partial charge in [-0.3, -0.25) is 14.9 Å². The summed E-state index contributed by atoms with van der Waals surface area (Å²) in [5.41, 5.74) is -0.0799. The number of rotatable bonds is 2. The fourth-order valence-corrected chi connectivity index (χ4v) is 2.93. The number of alkyl halides is 3. The van der Waals surface area contributed by atoms with Crippen LogP contribution in [0.15, 0.2) is 22.7 Å². The molecule has 1 aromatic carbocycles. The van der Waals surface area contributed by atoms with Crippen molar-refractivity contribution in [2.75, 3.05) is 13.1 Å². The smallest absolute Gasteiger partial charge is 0.338 e. The Morgan fingerprint density at radius 1 is 1.41 bits per heavy atom. The Balaban J connectivity index is 2.19. The zero-order chi connectivity index (χ0) is 16.5. The highest BCUT2D eigenvalue weighted by molar-refractivity contribution is 9.10. The minimum Gasteiger partial charge on any atom is -0.338 e. The van der Waals surface area contributed by atoms with Gasteiger partial charge < -0.3 is 4.90 Å². The number of hydrogen-bond acceptors (Lipinski definition) is 3. The molecule has 0 radical (unpaired) electrons. The van der Waals surface area contributed by atoms with E-state index in [1.54, 1.807) is 0 Å². The van der Waals surface area contributed by atoms with Crippen molar-refractivity contribution in [1.82, 2.24) is 4.90 Å². The molecule has 1 saturated heterocycles. The summed E-state index contributed by atoms with van der Waals surface area (Å²) in [5.74, 6) is -2.09. The average molecular weight is 381 g/mol. The van der Waals surface area contributed by atoms with E-state index in [4.69, 9.17) is 0 Å². The molecule has 22 heavy (non-hydrogen) atoms. The van der Waals surface area contributed by atoms with Gasteiger partial charge in [0.05, 0.1) is 16.4 Å². The zero-order valence-electron chi connectivity index (χ0n) is 11.3. The van der Waals surface area contributed by atoms with Crippen molar-refractivity contribution >= 4 is 27.5 Å². The zero-order valence-corrected chi connectivity index (χ0v) is 12.9. The summed E-state index contributed by atoms with van der Waals surface area (Å²) in [4.78, 5) is 23.5. The van der Waals surface area contributed by atoms with Crippen LogP contribution in [0.2, 0.25) is 0 Å². The van der Waals surface area contributed by atoms with Gasteiger partial charge in [-0.2, -0.15) is 13.2 Å². The highest BCUT2D eigenvalue weighted by Gasteiger charge is 2.42. The van der Waals surface area contributed by atoms with Crippen LogP contribution in [0.5, 0.6) is 0 Å². The lowest BCUT2D eigenvalue weighted by Gasteiger charge is -2.33. The van der Waals surface area contributed by atoms with Gasteiger partial charge in [0.25, 0.3) is 11.6 Å². The number of halogens is 4. The van der Waals surface area contributed by atoms with Crippen molar-refractivity contribution in [3.8, 4) is 0 Å². The summed E-state index contributed by atoms with van der Waals surface area (Å²) >= 11 is 3.06. The van der Waals surface area contributed by atoms with Crippen LogP contribution in [-0.2, 0) is 0 Å². The van der Waals surface area contributed by atoms with Gasteiger partial charge in [0.2, 0.25) is 0 Å². The maximum absolute atomic E-state index is 12.8. The number of hydrogen-bond donors (Lipinski definition) is 0. The molecule has 1 amide bonds. The van der Waals surface area contributed by atoms with Crippen molar-refractivity contribution in [2.24, 2.45) is 5.92 Å². The molecular weight excluding hydrogens is 369 g/mol. The van der Waals surface area contributed by atoms with Gasteiger partial charge in [-0.05, 0) is 34.8 Å². The van der Waals surface area contributed by atoms with Crippen molar-refractivity contribution in [3.63, 3.8) is 0 Å². The van der Waals surface area contributed by atoms with E-state index in [-0.39, 0.29) is 41.7 Å². The van der Waals surface area contributed by atoms with E-state index in [1.165, 1.54) is 12.1 Å². The number of nitrogens with zero attached hydrogens (tertiary/aromatic N) is 2. The molecule has 1 heterocycles. The first kappa shape index (κ1) is 16.7. The molecule has 120 valence electrons. The molecule has 0 aromatic heterocycles. The van der Waals surface area contributed by atoms with Gasteiger partial charge in [0.1, 0.15) is 0 Å². The van der Waals surface area contributed by atoms with Crippen LogP contribution in [0.4, 0.5) is 18.9 Å². The first-order valence-electron chi connectivity index (χ1n) is 6.50. The molecule has 0 N–H and O–H groups in total. The maximum atomic E-state index is 12.8. The maximum Gasteiger partial charge on any atom is 0.393 e. The average Bonchev–Trinajstić information content (AvgIpc) is 2.45. The fourth-order valence-electron chi connectivity index (χ4n) is 2.39. The first-order valence-corrected chi connectivity index (χ1v) is 7.29. The molecule has 0 aliphatic carbocycles. The normalized spacial score (nSPS) is 19.1. The number of benzene rings is 1. The van der Waals surface area contributed by atoms with E-state index < -0.39 is 22.9 Å². The van der Waals surface area contributed by atoms with Crippen molar-refractivity contribution in [3.05, 3.63) is 38.3 Å². The van der Waals surface area contributed by atoms with Crippen LogP contribution in [-0.4, -0.2) is 35.0 Å². The Hall–Kier alpha value is -1.64. The summed E-state index contributed by atoms with van der Waals surface area (Å²) in [6, 6.07) is 3.57. The van der Waals surface area contributed by atoms with Crippen molar-refractivity contribution in [2.45, 2.75) is 19.0 Å². The summed E-state index contributed by atoms with van der Waals surface area (Å²) in [5, 5.41) is 10.7. The van der Waals surface area contributed by atoms with Crippen LogP contribution in [0.1, 0.15) is 23.2 Å². The van der Waals surface area contributed by atoms with Crippen LogP contribution in [0.25, 0.3) is 0 Å². The monoisotopic (exact) mass is 380 g/mol. The van der Waals surface area contributed by atoms with E-state index in [1.807, 2.05) is 0 Å². The Morgan fingerprint density at radius 3 is 2.64 bits per heavy atom. The number of carbonyl (C=O) groups is 1. The third kappa shape index (κ3) is 3.57. The van der Waals surface area contributed by atoms with Crippen LogP contribution in [0.3, 0.4) is 0 Å². The molecule has 1 atom stereocenters. The second-order valence-corrected chi connectivity index (χ2v) is 5.91. The Bertz CT molecular complexity index is 607. The molecule has 1 fully saturated rings. The minimum absolute atomic E-state index is 0.00864. The molecule has 1 aliphatic heterocycles. The lowest BCUT2D eigenvalue weighted by Crippen LogP contribution is -2.44. The van der Waals surface area contributed by atoms with Crippen LogP contribution in [0, 0.1) is 16.0 Å². The van der Waals surface area contributed by atoms with E-state index in [2.05, 4.69) is 15.9 Å². The van der Waals surface area contributed by atoms with E-state index in [9.17, 15) is 28.1 Å². The number of piperidine rings is 1. The molecule has 1 unspecified atom stereocenters. The lowest BCUT2D eigenvalue weighted by atomic mass is 9.97. The first-order chi connectivity index (χ1) is 10.2. The van der Waals surface area contributed by atoms with Crippen molar-refractivity contribution < 1.29 is 22.9 Å². The van der Waals surface area contributed by atoms with Gasteiger partial charge in [0.15, 0.2) is 0 Å². The van der Waals surface area contributed by atoms with Gasteiger partial charge in [-0.15, -0.1) is 0 Å². The van der Waals surface area contributed by atoms with E-state index in [0.29, 0.717) is 0 Å². The highest BCUT2D eigenvalue weighted by Crippen LogP contribution is 2.34. The number of nitro groups is 1. The van der Waals surface area contributed by atoms with Gasteiger partial charge in [-0.25, -0.2) is 0 Å². The molecule has 0 bridgehead atoms. The third-order valence-corrected chi connectivity index (χ3v) is 4.22. The van der Waals surface area contributed by atoms with E-state index in [0.717, 1.165) is 11.0 Å². The topological polar surface area (TPSA) is 63.4 Å². The summed E-state index contributed by atoms with van der Waals surface area (Å²) < 4.78 is 38.5. The predicted octanol–water partition coefficient (Wildman–Crippen LogP) is 3.77. The number of carbonyl (C=O) groups excluding carboxylic acids is 1. The van der Waals surface area contributed by atoms with Crippen LogP contribution >= 0.6 is 15.9 Å². The predicted molar refractivity (Wildman–Crippen MR) is 75.5 cm³/mol. The molecular formula is C13H12BrF3N2O3. The Kier molecular flexibility index (Phi) is 4.74. The molecule has 0 spiro atoms. The fraction of sp³-hybridized carbons (Fsp3) is 0.462. The van der Waals surface area contributed by atoms with Gasteiger partial charge >= 0.3 is 6.18 Å². The number of amides is 1. The van der Waals surface area contributed by atoms with Gasteiger partial charge in [-0.1, -0.05) is 0 Å². The quantitative estimate of drug-likeness (QED) is 0.579. The molecule has 1 aliphatic rings. The molecule has 9 heteroatoms. The minimum atomic E-state index is -4.33. The number of non-ortho nitro benzene ring substituents is 1. The van der Waals surface area contributed by atoms with Gasteiger partial charge in [0, 0.05) is 29.7 Å². The third-order valence-electron chi connectivity index (χ3n) is 3.57. The molecule has 5 nitrogen and oxygen atoms in total. The second kappa shape index (κ2) is 6.23. The second-order valence-electron chi connectivity index (χ2n) is 5.05. The van der Waals surface area contributed by atoms with E-state index >= 15 is 0 Å². The number of nitro benzene ring substituents is 1. The Morgan fingerprint density at radius 2 is 2.09 bits per heavy atom. The summed E-state index contributed by atoms with van der Waals surface area (Å²) in [6.07, 6.45) is -4.04. The van der Waals surface area contributed by atoms with Crippen molar-refractivity contribution in [1.29, 1.82) is 0 Å². The number of likely N-dealkylation sites (tertiary alicyclic amines) is 1. The molecule has 1 aromatic rings. The largest absolute Gasteiger partial charge is 0.393 e. The standard InChI is InChI=1S/C13H12BrF3N2O3/c14-11-6-9(19(21)22)3-4-10(11)12(20)18-5-1-2-8(7-18)13(15,16)17/h3-4,6,8H,1-2,5,7H2. The Labute approximate surface area is 132 Å². The lowest BCUT2D eigenvalue weighted by molar-refractivity contribution is -0.384. The van der Waals surface area contributed by atoms with Crippen LogP contribution < -0.4 is 0 Å². The molecule has 0 saturated carbocycles. The summed E-state index contributed by atoms with van der Waals surface area (Å²) in [6.45, 7) is -0.138. The summed E-state index contributed by atoms with van der Waals surface area (Å²) in [7, 11) is 0. The highest BCUT2D eigenvalue weighted by atomic mass is 79.9. The molecule has 2 rings (SSSR count). The SMILES string of the molecule is O=C(c1ccc([N+](=O)[O-])cc1Br)N1CCCC(C(F)(F)F)C1.